The number of hydrogen-bond donors (Lipinski definition) is 1. The zero-order valence-electron chi connectivity index (χ0n) is 8.25. The summed E-state index contributed by atoms with van der Waals surface area (Å²) in [5.74, 6) is 2.75. The topological polar surface area (TPSA) is 26.0 Å². The third kappa shape index (κ3) is 2.82. The third-order valence-electron chi connectivity index (χ3n) is 2.74. The summed E-state index contributed by atoms with van der Waals surface area (Å²) in [7, 11) is 0. The van der Waals surface area contributed by atoms with E-state index in [1.165, 1.54) is 0 Å². The lowest BCUT2D eigenvalue weighted by Gasteiger charge is -2.15. The summed E-state index contributed by atoms with van der Waals surface area (Å²) in [6, 6.07) is 5.99. The average Bonchev–Trinajstić information content (AvgIpc) is 2.57. The number of benzene rings is 1. The molecule has 0 aromatic heterocycles. The van der Waals surface area contributed by atoms with E-state index in [2.05, 4.69) is 0 Å². The molecule has 2 atom stereocenters. The Morgan fingerprint density at radius 2 is 2.13 bits per heavy atom. The summed E-state index contributed by atoms with van der Waals surface area (Å²) in [5, 5.41) is 1.44. The zero-order chi connectivity index (χ0) is 10.8. The van der Waals surface area contributed by atoms with Crippen molar-refractivity contribution >= 4 is 35.0 Å². The molecule has 0 saturated carbocycles. The molecule has 4 heteroatoms. The SMILES string of the molecule is NC1CSCC1Cc1ccc(Cl)cc1Cl. The first-order valence-corrected chi connectivity index (χ1v) is 6.85. The molecule has 2 N–H and O–H groups in total. The highest BCUT2D eigenvalue weighted by atomic mass is 35.5. The van der Waals surface area contributed by atoms with Crippen LogP contribution in [0.3, 0.4) is 0 Å². The van der Waals surface area contributed by atoms with Crippen LogP contribution in [0, 0.1) is 5.92 Å². The van der Waals surface area contributed by atoms with Crippen LogP contribution in [0.25, 0.3) is 0 Å². The minimum atomic E-state index is 0.307. The molecular weight excluding hydrogens is 249 g/mol. The van der Waals surface area contributed by atoms with E-state index in [0.717, 1.165) is 28.5 Å². The minimum Gasteiger partial charge on any atom is -0.327 e. The van der Waals surface area contributed by atoms with Crippen LogP contribution in [0.5, 0.6) is 0 Å². The van der Waals surface area contributed by atoms with Gasteiger partial charge in [-0.3, -0.25) is 0 Å². The van der Waals surface area contributed by atoms with Gasteiger partial charge in [-0.1, -0.05) is 29.3 Å². The van der Waals surface area contributed by atoms with Gasteiger partial charge < -0.3 is 5.73 Å². The van der Waals surface area contributed by atoms with Gasteiger partial charge in [-0.05, 0) is 35.8 Å². The summed E-state index contributed by atoms with van der Waals surface area (Å²) in [6.45, 7) is 0. The van der Waals surface area contributed by atoms with Gasteiger partial charge >= 0.3 is 0 Å². The predicted octanol–water partition coefficient (Wildman–Crippen LogP) is 3.23. The fraction of sp³-hybridized carbons (Fsp3) is 0.455. The molecule has 0 spiro atoms. The second kappa shape index (κ2) is 4.96. The van der Waals surface area contributed by atoms with Crippen LogP contribution >= 0.6 is 35.0 Å². The number of thioether (sulfide) groups is 1. The van der Waals surface area contributed by atoms with Crippen molar-refractivity contribution in [2.24, 2.45) is 11.7 Å². The second-order valence-corrected chi connectivity index (χ2v) is 5.82. The molecule has 15 heavy (non-hydrogen) atoms. The minimum absolute atomic E-state index is 0.307. The molecule has 2 rings (SSSR count). The standard InChI is InChI=1S/C11H13Cl2NS/c12-9-2-1-7(10(13)4-9)3-8-5-15-6-11(8)14/h1-2,4,8,11H,3,5-6,14H2. The fourth-order valence-corrected chi connectivity index (χ4v) is 3.63. The Labute approximate surface area is 104 Å². The van der Waals surface area contributed by atoms with Crippen molar-refractivity contribution in [2.75, 3.05) is 11.5 Å². The Hall–Kier alpha value is 0.110. The quantitative estimate of drug-likeness (QED) is 0.885. The van der Waals surface area contributed by atoms with Crippen molar-refractivity contribution in [2.45, 2.75) is 12.5 Å². The van der Waals surface area contributed by atoms with E-state index in [9.17, 15) is 0 Å². The Balaban J connectivity index is 2.10. The largest absolute Gasteiger partial charge is 0.327 e. The smallest absolute Gasteiger partial charge is 0.0452 e. The second-order valence-electron chi connectivity index (χ2n) is 3.90. The van der Waals surface area contributed by atoms with Crippen LogP contribution in [0.4, 0.5) is 0 Å². The summed E-state index contributed by atoms with van der Waals surface area (Å²) >= 11 is 13.9. The van der Waals surface area contributed by atoms with E-state index >= 15 is 0 Å². The molecule has 1 saturated heterocycles. The van der Waals surface area contributed by atoms with Crippen LogP contribution < -0.4 is 5.73 Å². The Morgan fingerprint density at radius 3 is 2.73 bits per heavy atom. The Bertz CT molecular complexity index is 356. The number of hydrogen-bond acceptors (Lipinski definition) is 2. The van der Waals surface area contributed by atoms with Gasteiger partial charge in [0, 0.05) is 21.8 Å². The van der Waals surface area contributed by atoms with Crippen molar-refractivity contribution in [3.05, 3.63) is 33.8 Å². The predicted molar refractivity (Wildman–Crippen MR) is 69.0 cm³/mol. The molecule has 0 amide bonds. The van der Waals surface area contributed by atoms with E-state index in [1.807, 2.05) is 23.9 Å². The molecule has 0 bridgehead atoms. The van der Waals surface area contributed by atoms with Crippen LogP contribution in [-0.4, -0.2) is 17.5 Å². The molecule has 82 valence electrons. The van der Waals surface area contributed by atoms with Gasteiger partial charge in [0.2, 0.25) is 0 Å². The van der Waals surface area contributed by atoms with Crippen molar-refractivity contribution in [1.82, 2.24) is 0 Å². The highest BCUT2D eigenvalue weighted by Gasteiger charge is 2.25. The first-order valence-electron chi connectivity index (χ1n) is 4.94. The van der Waals surface area contributed by atoms with Crippen LogP contribution in [0.2, 0.25) is 10.0 Å². The van der Waals surface area contributed by atoms with E-state index in [0.29, 0.717) is 17.0 Å². The fourth-order valence-electron chi connectivity index (χ4n) is 1.80. The van der Waals surface area contributed by atoms with Crippen LogP contribution in [-0.2, 0) is 6.42 Å². The highest BCUT2D eigenvalue weighted by molar-refractivity contribution is 7.99. The maximum Gasteiger partial charge on any atom is 0.0452 e. The summed E-state index contributed by atoms with van der Waals surface area (Å²) < 4.78 is 0. The van der Waals surface area contributed by atoms with Crippen LogP contribution in [0.15, 0.2) is 18.2 Å². The Kier molecular flexibility index (Phi) is 3.83. The lowest BCUT2D eigenvalue weighted by molar-refractivity contribution is 0.515. The molecule has 2 unspecified atom stereocenters. The van der Waals surface area contributed by atoms with E-state index < -0.39 is 0 Å². The third-order valence-corrected chi connectivity index (χ3v) is 4.62. The van der Waals surface area contributed by atoms with E-state index in [-0.39, 0.29) is 0 Å². The molecule has 1 aromatic carbocycles. The molecule has 0 radical (unpaired) electrons. The van der Waals surface area contributed by atoms with Gasteiger partial charge in [-0.15, -0.1) is 0 Å². The maximum atomic E-state index is 6.12. The van der Waals surface area contributed by atoms with Crippen LogP contribution in [0.1, 0.15) is 5.56 Å². The van der Waals surface area contributed by atoms with Crippen molar-refractivity contribution in [3.63, 3.8) is 0 Å². The van der Waals surface area contributed by atoms with E-state index in [4.69, 9.17) is 28.9 Å². The molecule has 1 heterocycles. The van der Waals surface area contributed by atoms with E-state index in [1.54, 1.807) is 6.07 Å². The highest BCUT2D eigenvalue weighted by Crippen LogP contribution is 2.29. The number of nitrogens with two attached hydrogens (primary N) is 1. The first kappa shape index (κ1) is 11.6. The normalized spacial score (nSPS) is 25.8. The molecule has 1 aliphatic heterocycles. The molecule has 1 aliphatic rings. The van der Waals surface area contributed by atoms with Crippen molar-refractivity contribution in [3.8, 4) is 0 Å². The summed E-state index contributed by atoms with van der Waals surface area (Å²) in [5.41, 5.74) is 7.17. The zero-order valence-corrected chi connectivity index (χ0v) is 10.6. The number of halogens is 2. The van der Waals surface area contributed by atoms with Crippen molar-refractivity contribution < 1.29 is 0 Å². The summed E-state index contributed by atoms with van der Waals surface area (Å²) in [6.07, 6.45) is 0.962. The molecule has 1 nitrogen and oxygen atoms in total. The number of rotatable bonds is 2. The van der Waals surface area contributed by atoms with Gasteiger partial charge in [0.25, 0.3) is 0 Å². The average molecular weight is 262 g/mol. The molecular formula is C11H13Cl2NS. The maximum absolute atomic E-state index is 6.12. The van der Waals surface area contributed by atoms with Gasteiger partial charge in [0.15, 0.2) is 0 Å². The van der Waals surface area contributed by atoms with Gasteiger partial charge in [0.05, 0.1) is 0 Å². The van der Waals surface area contributed by atoms with Gasteiger partial charge in [0.1, 0.15) is 0 Å². The molecule has 1 fully saturated rings. The molecule has 0 aliphatic carbocycles. The molecule has 1 aromatic rings. The van der Waals surface area contributed by atoms with Gasteiger partial charge in [-0.25, -0.2) is 0 Å². The lowest BCUT2D eigenvalue weighted by Crippen LogP contribution is -2.29. The summed E-state index contributed by atoms with van der Waals surface area (Å²) in [4.78, 5) is 0. The van der Waals surface area contributed by atoms with Gasteiger partial charge in [-0.2, -0.15) is 11.8 Å². The van der Waals surface area contributed by atoms with Crippen molar-refractivity contribution in [1.29, 1.82) is 0 Å². The first-order chi connectivity index (χ1) is 7.16. The Morgan fingerprint density at radius 1 is 1.33 bits per heavy atom. The lowest BCUT2D eigenvalue weighted by atomic mass is 9.95. The monoisotopic (exact) mass is 261 g/mol.